The predicted octanol–water partition coefficient (Wildman–Crippen LogP) is 4.50. The van der Waals surface area contributed by atoms with Crippen molar-refractivity contribution in [3.8, 4) is 0 Å². The van der Waals surface area contributed by atoms with Crippen molar-refractivity contribution in [3.63, 3.8) is 0 Å². The van der Waals surface area contributed by atoms with Crippen LogP contribution in [-0.2, 0) is 11.2 Å². The maximum absolute atomic E-state index is 13.1. The Balaban J connectivity index is 2.38. The van der Waals surface area contributed by atoms with E-state index in [1.807, 2.05) is 0 Å². The molecule has 0 spiro atoms. The van der Waals surface area contributed by atoms with E-state index in [-0.39, 0.29) is 16.5 Å². The number of rotatable bonds is 4. The SMILES string of the molecule is O=C(O)Cc1ccccc1Nc1c(Cl)cc(F)cc1Cl. The molecule has 2 aromatic rings. The molecule has 20 heavy (non-hydrogen) atoms. The monoisotopic (exact) mass is 313 g/mol. The van der Waals surface area contributed by atoms with Crippen molar-refractivity contribution in [1.82, 2.24) is 0 Å². The van der Waals surface area contributed by atoms with E-state index >= 15 is 0 Å². The number of hydrogen-bond donors (Lipinski definition) is 2. The number of halogens is 3. The van der Waals surface area contributed by atoms with E-state index in [0.717, 1.165) is 12.1 Å². The van der Waals surface area contributed by atoms with Crippen LogP contribution in [0.5, 0.6) is 0 Å². The number of benzene rings is 2. The summed E-state index contributed by atoms with van der Waals surface area (Å²) < 4.78 is 13.1. The highest BCUT2D eigenvalue weighted by Crippen LogP contribution is 2.34. The Hall–Kier alpha value is -1.78. The second kappa shape index (κ2) is 6.11. The number of hydrogen-bond acceptors (Lipinski definition) is 2. The molecule has 0 saturated carbocycles. The summed E-state index contributed by atoms with van der Waals surface area (Å²) in [6.07, 6.45) is -0.139. The maximum atomic E-state index is 13.1. The van der Waals surface area contributed by atoms with Crippen LogP contribution in [-0.4, -0.2) is 11.1 Å². The van der Waals surface area contributed by atoms with Crippen molar-refractivity contribution < 1.29 is 14.3 Å². The molecule has 2 rings (SSSR count). The Morgan fingerprint density at radius 3 is 2.40 bits per heavy atom. The molecule has 0 aliphatic carbocycles. The van der Waals surface area contributed by atoms with Gasteiger partial charge in [0.15, 0.2) is 0 Å². The number of para-hydroxylation sites is 1. The molecule has 0 bridgehead atoms. The summed E-state index contributed by atoms with van der Waals surface area (Å²) in [5, 5.41) is 12.1. The molecule has 6 heteroatoms. The summed E-state index contributed by atoms with van der Waals surface area (Å²) in [6.45, 7) is 0. The number of nitrogens with one attached hydrogen (secondary N) is 1. The molecular weight excluding hydrogens is 304 g/mol. The van der Waals surface area contributed by atoms with Gasteiger partial charge in [-0.3, -0.25) is 4.79 Å². The molecule has 0 aliphatic rings. The average molecular weight is 314 g/mol. The summed E-state index contributed by atoms with van der Waals surface area (Å²) in [5.41, 5.74) is 1.48. The van der Waals surface area contributed by atoms with Crippen molar-refractivity contribution >= 4 is 40.5 Å². The minimum absolute atomic E-state index is 0.125. The summed E-state index contributed by atoms with van der Waals surface area (Å²) in [4.78, 5) is 10.8. The van der Waals surface area contributed by atoms with Crippen molar-refractivity contribution in [2.45, 2.75) is 6.42 Å². The fourth-order valence-electron chi connectivity index (χ4n) is 1.76. The second-order valence-electron chi connectivity index (χ2n) is 4.10. The van der Waals surface area contributed by atoms with Gasteiger partial charge in [0, 0.05) is 5.69 Å². The van der Waals surface area contributed by atoms with Crippen LogP contribution in [0.4, 0.5) is 15.8 Å². The largest absolute Gasteiger partial charge is 0.481 e. The Bertz CT molecular complexity index is 638. The van der Waals surface area contributed by atoms with Crippen LogP contribution < -0.4 is 5.32 Å². The molecule has 0 saturated heterocycles. The van der Waals surface area contributed by atoms with Gasteiger partial charge < -0.3 is 10.4 Å². The lowest BCUT2D eigenvalue weighted by Crippen LogP contribution is -2.04. The fourth-order valence-corrected chi connectivity index (χ4v) is 2.31. The van der Waals surface area contributed by atoms with Crippen LogP contribution in [0.15, 0.2) is 36.4 Å². The topological polar surface area (TPSA) is 49.3 Å². The second-order valence-corrected chi connectivity index (χ2v) is 4.91. The molecule has 104 valence electrons. The van der Waals surface area contributed by atoms with Gasteiger partial charge in [-0.15, -0.1) is 0 Å². The normalized spacial score (nSPS) is 10.3. The van der Waals surface area contributed by atoms with Crippen molar-refractivity contribution in [2.24, 2.45) is 0 Å². The Kier molecular flexibility index (Phi) is 4.47. The van der Waals surface area contributed by atoms with Crippen molar-refractivity contribution in [3.05, 3.63) is 57.8 Å². The summed E-state index contributed by atoms with van der Waals surface area (Å²) in [5.74, 6) is -1.49. The van der Waals surface area contributed by atoms with Crippen molar-refractivity contribution in [2.75, 3.05) is 5.32 Å². The third-order valence-corrected chi connectivity index (χ3v) is 3.22. The summed E-state index contributed by atoms with van der Waals surface area (Å²) in [6, 6.07) is 9.14. The van der Waals surface area contributed by atoms with Gasteiger partial charge in [-0.1, -0.05) is 41.4 Å². The van der Waals surface area contributed by atoms with Gasteiger partial charge in [0.05, 0.1) is 22.2 Å². The van der Waals surface area contributed by atoms with Crippen molar-refractivity contribution in [1.29, 1.82) is 0 Å². The van der Waals surface area contributed by atoms with Crippen LogP contribution in [0, 0.1) is 5.82 Å². The first kappa shape index (κ1) is 14.6. The first-order valence-electron chi connectivity index (χ1n) is 5.68. The van der Waals surface area contributed by atoms with Gasteiger partial charge in [-0.2, -0.15) is 0 Å². The highest BCUT2D eigenvalue weighted by Gasteiger charge is 2.12. The third-order valence-electron chi connectivity index (χ3n) is 2.63. The van der Waals surface area contributed by atoms with Crippen LogP contribution in [0.3, 0.4) is 0 Å². The molecule has 2 aromatic carbocycles. The van der Waals surface area contributed by atoms with Gasteiger partial charge in [-0.05, 0) is 23.8 Å². The molecule has 0 atom stereocenters. The molecule has 2 N–H and O–H groups in total. The highest BCUT2D eigenvalue weighted by atomic mass is 35.5. The van der Waals surface area contributed by atoms with E-state index in [9.17, 15) is 9.18 Å². The highest BCUT2D eigenvalue weighted by molar-refractivity contribution is 6.39. The number of carbonyl (C=O) groups is 1. The maximum Gasteiger partial charge on any atom is 0.307 e. The third kappa shape index (κ3) is 3.40. The molecule has 0 unspecified atom stereocenters. The summed E-state index contributed by atoms with van der Waals surface area (Å²) >= 11 is 11.9. The number of carboxylic acid groups (broad SMARTS) is 1. The molecular formula is C14H10Cl2FNO2. The zero-order chi connectivity index (χ0) is 14.7. The molecule has 0 radical (unpaired) electrons. The van der Waals surface area contributed by atoms with Gasteiger partial charge >= 0.3 is 5.97 Å². The zero-order valence-corrected chi connectivity index (χ0v) is 11.7. The fraction of sp³-hybridized carbons (Fsp3) is 0.0714. The van der Waals surface area contributed by atoms with Gasteiger partial charge in [-0.25, -0.2) is 4.39 Å². The van der Waals surface area contributed by atoms with Crippen LogP contribution >= 0.6 is 23.2 Å². The van der Waals surface area contributed by atoms with Crippen LogP contribution in [0.1, 0.15) is 5.56 Å². The number of anilines is 2. The van der Waals surface area contributed by atoms with E-state index in [1.165, 1.54) is 0 Å². The molecule has 0 fully saturated rings. The van der Waals surface area contributed by atoms with Gasteiger partial charge in [0.1, 0.15) is 5.82 Å². The van der Waals surface area contributed by atoms with E-state index in [0.29, 0.717) is 16.9 Å². The lowest BCUT2D eigenvalue weighted by Gasteiger charge is -2.13. The predicted molar refractivity (Wildman–Crippen MR) is 77.5 cm³/mol. The molecule has 0 aliphatic heterocycles. The first-order chi connectivity index (χ1) is 9.47. The Labute approximate surface area is 124 Å². The molecule has 0 heterocycles. The first-order valence-corrected chi connectivity index (χ1v) is 6.44. The number of carboxylic acids is 1. The smallest absolute Gasteiger partial charge is 0.307 e. The van der Waals surface area contributed by atoms with Crippen LogP contribution in [0.25, 0.3) is 0 Å². The van der Waals surface area contributed by atoms with E-state index in [1.54, 1.807) is 24.3 Å². The van der Waals surface area contributed by atoms with E-state index in [4.69, 9.17) is 28.3 Å². The standard InChI is InChI=1S/C14H10Cl2FNO2/c15-10-6-9(17)7-11(16)14(10)18-12-4-2-1-3-8(12)5-13(19)20/h1-4,6-7,18H,5H2,(H,19,20). The lowest BCUT2D eigenvalue weighted by molar-refractivity contribution is -0.136. The minimum atomic E-state index is -0.949. The molecule has 0 amide bonds. The zero-order valence-electron chi connectivity index (χ0n) is 10.2. The molecule has 0 aromatic heterocycles. The lowest BCUT2D eigenvalue weighted by atomic mass is 10.1. The average Bonchev–Trinajstić information content (AvgIpc) is 2.34. The Morgan fingerprint density at radius 1 is 1.20 bits per heavy atom. The summed E-state index contributed by atoms with van der Waals surface area (Å²) in [7, 11) is 0. The molecule has 3 nitrogen and oxygen atoms in total. The number of aliphatic carboxylic acids is 1. The van der Waals surface area contributed by atoms with E-state index < -0.39 is 11.8 Å². The van der Waals surface area contributed by atoms with Crippen LogP contribution in [0.2, 0.25) is 10.0 Å². The van der Waals surface area contributed by atoms with E-state index in [2.05, 4.69) is 5.32 Å². The minimum Gasteiger partial charge on any atom is -0.481 e. The Morgan fingerprint density at radius 2 is 1.80 bits per heavy atom. The van der Waals surface area contributed by atoms with Gasteiger partial charge in [0.2, 0.25) is 0 Å². The quantitative estimate of drug-likeness (QED) is 0.873. The van der Waals surface area contributed by atoms with Gasteiger partial charge in [0.25, 0.3) is 0 Å².